The monoisotopic (exact) mass is 506 g/mol. The molecule has 2 aromatic rings. The van der Waals surface area contributed by atoms with Crippen LogP contribution in [0.25, 0.3) is 11.0 Å². The Morgan fingerprint density at radius 1 is 1.12 bits per heavy atom. The molecule has 0 spiro atoms. The van der Waals surface area contributed by atoms with E-state index in [2.05, 4.69) is 6.58 Å². The minimum Gasteiger partial charge on any atom is -0.462 e. The minimum atomic E-state index is -5.91. The van der Waals surface area contributed by atoms with Gasteiger partial charge in [-0.15, -0.1) is 11.8 Å². The second kappa shape index (κ2) is 11.9. The fourth-order valence-corrected chi connectivity index (χ4v) is 4.21. The lowest BCUT2D eigenvalue weighted by molar-refractivity contribution is -0.290. The van der Waals surface area contributed by atoms with Crippen LogP contribution in [0, 0.1) is 0 Å². The summed E-state index contributed by atoms with van der Waals surface area (Å²) in [6.45, 7) is 7.14. The first-order chi connectivity index (χ1) is 15.9. The Labute approximate surface area is 198 Å². The molecule has 10 heteroatoms. The molecule has 2 rings (SSSR count). The number of hydrogen-bond acceptors (Lipinski definition) is 5. The van der Waals surface area contributed by atoms with Crippen LogP contribution in [-0.2, 0) is 21.9 Å². The van der Waals surface area contributed by atoms with Crippen molar-refractivity contribution in [3.63, 3.8) is 0 Å². The maximum atomic E-state index is 14.2. The van der Waals surface area contributed by atoms with E-state index in [-0.39, 0.29) is 23.0 Å². The van der Waals surface area contributed by atoms with Crippen molar-refractivity contribution in [1.29, 1.82) is 0 Å². The van der Waals surface area contributed by atoms with E-state index in [1.807, 2.05) is 0 Å². The fourth-order valence-electron chi connectivity index (χ4n) is 3.27. The van der Waals surface area contributed by atoms with E-state index in [4.69, 9.17) is 9.15 Å². The number of halogens is 5. The quantitative estimate of drug-likeness (QED) is 0.0763. The van der Waals surface area contributed by atoms with E-state index < -0.39 is 29.3 Å². The minimum absolute atomic E-state index is 0.0189. The van der Waals surface area contributed by atoms with Crippen LogP contribution >= 0.6 is 11.8 Å². The summed E-state index contributed by atoms with van der Waals surface area (Å²) in [5.74, 6) is -5.05. The molecule has 1 heterocycles. The van der Waals surface area contributed by atoms with Gasteiger partial charge in [0.15, 0.2) is 0 Å². The Bertz CT molecular complexity index is 1080. The van der Waals surface area contributed by atoms with E-state index in [0.717, 1.165) is 12.8 Å². The average Bonchev–Trinajstić information content (AvgIpc) is 2.74. The van der Waals surface area contributed by atoms with Crippen molar-refractivity contribution >= 4 is 28.7 Å². The Morgan fingerprint density at radius 2 is 1.82 bits per heavy atom. The predicted octanol–water partition coefficient (Wildman–Crippen LogP) is 7.17. The molecule has 34 heavy (non-hydrogen) atoms. The lowest BCUT2D eigenvalue weighted by Gasteiger charge is -2.22. The number of fused-ring (bicyclic) bond motifs is 1. The molecule has 1 aromatic heterocycles. The van der Waals surface area contributed by atoms with Crippen LogP contribution in [0.2, 0.25) is 0 Å². The first kappa shape index (κ1) is 27.9. The van der Waals surface area contributed by atoms with Gasteiger partial charge < -0.3 is 9.15 Å². The highest BCUT2D eigenvalue weighted by molar-refractivity contribution is 7.99. The van der Waals surface area contributed by atoms with Crippen LogP contribution < -0.4 is 5.63 Å². The van der Waals surface area contributed by atoms with E-state index in [9.17, 15) is 31.5 Å². The maximum Gasteiger partial charge on any atom is 0.458 e. The summed E-state index contributed by atoms with van der Waals surface area (Å²) in [4.78, 5) is 24.3. The number of alkyl halides is 5. The third kappa shape index (κ3) is 6.84. The molecule has 4 nitrogen and oxygen atoms in total. The molecule has 0 aliphatic rings. The number of unbranched alkanes of at least 4 members (excludes halogenated alkanes) is 3. The molecule has 0 amide bonds. The zero-order valence-electron chi connectivity index (χ0n) is 19.0. The summed E-state index contributed by atoms with van der Waals surface area (Å²) in [6, 6.07) is 4.53. The summed E-state index contributed by atoms with van der Waals surface area (Å²) < 4.78 is 77.4. The highest BCUT2D eigenvalue weighted by atomic mass is 32.2. The number of ether oxygens (including phenoxy) is 1. The molecule has 0 atom stereocenters. The van der Waals surface area contributed by atoms with Crippen molar-refractivity contribution < 1.29 is 35.9 Å². The van der Waals surface area contributed by atoms with Crippen molar-refractivity contribution in [2.75, 3.05) is 12.4 Å². The lowest BCUT2D eigenvalue weighted by atomic mass is 9.95. The molecule has 0 bridgehead atoms. The zero-order valence-corrected chi connectivity index (χ0v) is 19.8. The van der Waals surface area contributed by atoms with Gasteiger partial charge in [-0.2, -0.15) is 22.0 Å². The molecule has 0 saturated heterocycles. The number of carbonyl (C=O) groups is 1. The SMILES string of the molecule is C=C(C)C(=O)OCCCCCSc1ccc2c(CCCC)c(C(F)(F)C(F)(F)F)c(=O)oc2c1. The smallest absolute Gasteiger partial charge is 0.458 e. The Kier molecular flexibility index (Phi) is 9.73. The number of carbonyl (C=O) groups excluding carboxylic acids is 1. The van der Waals surface area contributed by atoms with E-state index >= 15 is 0 Å². The molecule has 0 aliphatic carbocycles. The van der Waals surface area contributed by atoms with Crippen molar-refractivity contribution in [1.82, 2.24) is 0 Å². The zero-order chi connectivity index (χ0) is 25.5. The van der Waals surface area contributed by atoms with Crippen molar-refractivity contribution in [2.24, 2.45) is 0 Å². The molecule has 0 radical (unpaired) electrons. The summed E-state index contributed by atoms with van der Waals surface area (Å²) in [5.41, 5.74) is -3.31. The maximum absolute atomic E-state index is 14.2. The Hall–Kier alpha value is -2.36. The van der Waals surface area contributed by atoms with Crippen LogP contribution in [0.1, 0.15) is 57.1 Å². The number of thioether (sulfide) groups is 1. The molecule has 1 aromatic carbocycles. The topological polar surface area (TPSA) is 56.5 Å². The van der Waals surface area contributed by atoms with Crippen molar-refractivity contribution in [3.05, 3.63) is 51.9 Å². The van der Waals surface area contributed by atoms with Crippen LogP contribution in [-0.4, -0.2) is 24.5 Å². The average molecular weight is 507 g/mol. The van der Waals surface area contributed by atoms with Crippen molar-refractivity contribution in [2.45, 2.75) is 69.4 Å². The van der Waals surface area contributed by atoms with Crippen molar-refractivity contribution in [3.8, 4) is 0 Å². The van der Waals surface area contributed by atoms with Crippen LogP contribution in [0.3, 0.4) is 0 Å². The Balaban J connectivity index is 2.16. The largest absolute Gasteiger partial charge is 0.462 e. The highest BCUT2D eigenvalue weighted by Crippen LogP contribution is 2.45. The predicted molar refractivity (Wildman–Crippen MR) is 121 cm³/mol. The lowest BCUT2D eigenvalue weighted by Crippen LogP contribution is -2.39. The molecule has 0 fully saturated rings. The summed E-state index contributed by atoms with van der Waals surface area (Å²) in [7, 11) is 0. The van der Waals surface area contributed by atoms with Gasteiger partial charge in [-0.25, -0.2) is 9.59 Å². The van der Waals surface area contributed by atoms with Crippen LogP contribution in [0.4, 0.5) is 22.0 Å². The molecule has 0 unspecified atom stereocenters. The number of rotatable bonds is 12. The normalized spacial score (nSPS) is 12.2. The van der Waals surface area contributed by atoms with Gasteiger partial charge in [0.2, 0.25) is 0 Å². The van der Waals surface area contributed by atoms with Gasteiger partial charge in [0, 0.05) is 15.9 Å². The van der Waals surface area contributed by atoms with E-state index in [1.165, 1.54) is 23.9 Å². The molecule has 188 valence electrons. The van der Waals surface area contributed by atoms with Gasteiger partial charge in [0.05, 0.1) is 6.61 Å². The molecular formula is C24H27F5O4S. The van der Waals surface area contributed by atoms with Gasteiger partial charge in [0.25, 0.3) is 0 Å². The number of aryl methyl sites for hydroxylation is 1. The summed E-state index contributed by atoms with van der Waals surface area (Å²) in [6.07, 6.45) is -2.82. The third-order valence-electron chi connectivity index (χ3n) is 5.08. The Morgan fingerprint density at radius 3 is 2.44 bits per heavy atom. The fraction of sp³-hybridized carbons (Fsp3) is 0.500. The van der Waals surface area contributed by atoms with Gasteiger partial charge in [-0.05, 0) is 68.5 Å². The van der Waals surface area contributed by atoms with Gasteiger partial charge in [-0.1, -0.05) is 19.9 Å². The van der Waals surface area contributed by atoms with Crippen LogP contribution in [0.5, 0.6) is 0 Å². The number of benzene rings is 1. The number of hydrogen-bond donors (Lipinski definition) is 0. The van der Waals surface area contributed by atoms with Gasteiger partial charge in [-0.3, -0.25) is 0 Å². The van der Waals surface area contributed by atoms with Gasteiger partial charge in [0.1, 0.15) is 11.1 Å². The third-order valence-corrected chi connectivity index (χ3v) is 6.16. The second-order valence-corrected chi connectivity index (χ2v) is 9.07. The van der Waals surface area contributed by atoms with Crippen LogP contribution in [0.15, 0.2) is 44.5 Å². The standard InChI is InChI=1S/C24H27F5O4S/c1-4-5-9-18-17-11-10-16(34-13-8-6-7-12-32-21(30)15(2)3)14-19(17)33-22(31)20(18)23(25,26)24(27,28)29/h10-11,14H,2,4-9,12-13H2,1,3H3. The summed E-state index contributed by atoms with van der Waals surface area (Å²) in [5, 5.41) is 0.0793. The summed E-state index contributed by atoms with van der Waals surface area (Å²) >= 11 is 1.44. The second-order valence-electron chi connectivity index (χ2n) is 7.90. The van der Waals surface area contributed by atoms with E-state index in [0.29, 0.717) is 42.1 Å². The first-order valence-electron chi connectivity index (χ1n) is 10.9. The molecule has 0 N–H and O–H groups in total. The highest BCUT2D eigenvalue weighted by Gasteiger charge is 2.61. The first-order valence-corrected chi connectivity index (χ1v) is 11.9. The molecular weight excluding hydrogens is 479 g/mol. The van der Waals surface area contributed by atoms with E-state index in [1.54, 1.807) is 19.9 Å². The van der Waals surface area contributed by atoms with Gasteiger partial charge >= 0.3 is 23.7 Å². The molecule has 0 aliphatic heterocycles. The molecule has 0 saturated carbocycles. The number of esters is 1.